The summed E-state index contributed by atoms with van der Waals surface area (Å²) in [5.74, 6) is 0.856. The summed E-state index contributed by atoms with van der Waals surface area (Å²) >= 11 is 5.05. The van der Waals surface area contributed by atoms with Crippen LogP contribution in [0.4, 0.5) is 11.4 Å². The molecule has 8 heteroatoms. The topological polar surface area (TPSA) is 97.4 Å². The van der Waals surface area contributed by atoms with Crippen molar-refractivity contribution in [1.29, 1.82) is 0 Å². The fraction of sp³-hybridized carbons (Fsp3) is 0.125. The van der Waals surface area contributed by atoms with Crippen LogP contribution in [0.3, 0.4) is 0 Å². The number of anilines is 1. The van der Waals surface area contributed by atoms with E-state index in [2.05, 4.69) is 10.6 Å². The van der Waals surface area contributed by atoms with Gasteiger partial charge < -0.3 is 9.73 Å². The molecule has 2 N–H and O–H groups in total. The summed E-state index contributed by atoms with van der Waals surface area (Å²) in [6.07, 6.45) is 2.80. The minimum Gasteiger partial charge on any atom is -0.462 e. The molecule has 124 valence electrons. The number of benzene rings is 1. The Bertz CT molecular complexity index is 826. The van der Waals surface area contributed by atoms with Gasteiger partial charge in [-0.3, -0.25) is 20.2 Å². The lowest BCUT2D eigenvalue weighted by molar-refractivity contribution is -0.385. The number of aryl methyl sites for hydroxylation is 1. The van der Waals surface area contributed by atoms with E-state index in [4.69, 9.17) is 16.6 Å². The molecule has 0 atom stereocenters. The Morgan fingerprint density at radius 1 is 1.29 bits per heavy atom. The number of nitro groups is 1. The van der Waals surface area contributed by atoms with Crippen molar-refractivity contribution < 1.29 is 14.1 Å². The van der Waals surface area contributed by atoms with Gasteiger partial charge in [0.1, 0.15) is 11.5 Å². The Morgan fingerprint density at radius 2 is 2.04 bits per heavy atom. The summed E-state index contributed by atoms with van der Waals surface area (Å²) in [6, 6.07) is 8.10. The summed E-state index contributed by atoms with van der Waals surface area (Å²) in [5.41, 5.74) is 0.864. The summed E-state index contributed by atoms with van der Waals surface area (Å²) in [5, 5.41) is 16.2. The standard InChI is InChI=1S/C16H15N3O4S/c1-10-6-7-12(23-10)8-9-15(20)18-16(24)17-13-4-3-5-14(11(13)2)19(21)22/h3-9H,1-2H3,(H2,17,18,20,24)/b9-8+. The zero-order valence-electron chi connectivity index (χ0n) is 13.0. The van der Waals surface area contributed by atoms with Crippen LogP contribution in [0.25, 0.3) is 6.08 Å². The monoisotopic (exact) mass is 345 g/mol. The highest BCUT2D eigenvalue weighted by atomic mass is 32.1. The minimum atomic E-state index is -0.476. The molecule has 0 aliphatic rings. The van der Waals surface area contributed by atoms with Crippen molar-refractivity contribution in [3.8, 4) is 0 Å². The quantitative estimate of drug-likeness (QED) is 0.382. The third-order valence-electron chi connectivity index (χ3n) is 3.15. The van der Waals surface area contributed by atoms with Crippen molar-refractivity contribution in [3.63, 3.8) is 0 Å². The van der Waals surface area contributed by atoms with Gasteiger partial charge in [-0.1, -0.05) is 6.07 Å². The van der Waals surface area contributed by atoms with E-state index < -0.39 is 10.8 Å². The molecule has 0 radical (unpaired) electrons. The van der Waals surface area contributed by atoms with E-state index in [-0.39, 0.29) is 10.8 Å². The van der Waals surface area contributed by atoms with Crippen molar-refractivity contribution in [2.45, 2.75) is 13.8 Å². The molecule has 0 saturated heterocycles. The number of nitro benzene ring substituents is 1. The molecule has 1 heterocycles. The van der Waals surface area contributed by atoms with Gasteiger partial charge >= 0.3 is 0 Å². The number of furan rings is 1. The van der Waals surface area contributed by atoms with Gasteiger partial charge in [-0.15, -0.1) is 0 Å². The van der Waals surface area contributed by atoms with Crippen LogP contribution in [0.15, 0.2) is 40.8 Å². The zero-order valence-corrected chi connectivity index (χ0v) is 13.8. The lowest BCUT2D eigenvalue weighted by Crippen LogP contribution is -2.33. The molecular formula is C16H15N3O4S. The van der Waals surface area contributed by atoms with Crippen molar-refractivity contribution in [2.24, 2.45) is 0 Å². The van der Waals surface area contributed by atoms with Gasteiger partial charge in [-0.05, 0) is 50.3 Å². The van der Waals surface area contributed by atoms with E-state index in [1.165, 1.54) is 24.3 Å². The largest absolute Gasteiger partial charge is 0.462 e. The average molecular weight is 345 g/mol. The number of amides is 1. The Morgan fingerprint density at radius 3 is 2.67 bits per heavy atom. The second-order valence-corrected chi connectivity index (χ2v) is 5.34. The molecule has 0 fully saturated rings. The summed E-state index contributed by atoms with van der Waals surface area (Å²) in [4.78, 5) is 22.2. The van der Waals surface area contributed by atoms with Crippen LogP contribution >= 0.6 is 12.2 Å². The first-order chi connectivity index (χ1) is 11.4. The van der Waals surface area contributed by atoms with Crippen LogP contribution in [0.1, 0.15) is 17.1 Å². The Hall–Kier alpha value is -3.00. The summed E-state index contributed by atoms with van der Waals surface area (Å²) in [7, 11) is 0. The van der Waals surface area contributed by atoms with Gasteiger partial charge in [0.05, 0.1) is 16.2 Å². The molecule has 0 saturated carbocycles. The molecule has 0 unspecified atom stereocenters. The fourth-order valence-corrected chi connectivity index (χ4v) is 2.18. The van der Waals surface area contributed by atoms with Gasteiger partial charge in [0.25, 0.3) is 5.69 Å². The highest BCUT2D eigenvalue weighted by Gasteiger charge is 2.14. The fourth-order valence-electron chi connectivity index (χ4n) is 1.96. The van der Waals surface area contributed by atoms with Crippen molar-refractivity contribution >= 4 is 40.7 Å². The lowest BCUT2D eigenvalue weighted by Gasteiger charge is -2.10. The highest BCUT2D eigenvalue weighted by molar-refractivity contribution is 7.80. The number of carbonyl (C=O) groups is 1. The number of nitrogens with one attached hydrogen (secondary N) is 2. The van der Waals surface area contributed by atoms with Crippen LogP contribution in [-0.4, -0.2) is 15.9 Å². The van der Waals surface area contributed by atoms with Gasteiger partial charge in [-0.25, -0.2) is 0 Å². The first-order valence-corrected chi connectivity index (χ1v) is 7.38. The Labute approximate surface area is 143 Å². The maximum Gasteiger partial charge on any atom is 0.274 e. The minimum absolute atomic E-state index is 0.0257. The maximum absolute atomic E-state index is 11.8. The molecule has 0 bridgehead atoms. The van der Waals surface area contributed by atoms with E-state index in [1.54, 1.807) is 32.0 Å². The van der Waals surface area contributed by atoms with E-state index in [1.807, 2.05) is 0 Å². The van der Waals surface area contributed by atoms with Crippen molar-refractivity contribution in [2.75, 3.05) is 5.32 Å². The predicted molar refractivity (Wildman–Crippen MR) is 94.7 cm³/mol. The number of hydrogen-bond acceptors (Lipinski definition) is 5. The Kier molecular flexibility index (Phi) is 5.43. The molecule has 0 aliphatic carbocycles. The van der Waals surface area contributed by atoms with Crippen LogP contribution in [0, 0.1) is 24.0 Å². The van der Waals surface area contributed by atoms with Crippen LogP contribution < -0.4 is 10.6 Å². The molecule has 0 aliphatic heterocycles. The number of thiocarbonyl (C=S) groups is 1. The van der Waals surface area contributed by atoms with Crippen molar-refractivity contribution in [1.82, 2.24) is 5.32 Å². The van der Waals surface area contributed by atoms with Gasteiger partial charge in [-0.2, -0.15) is 0 Å². The third-order valence-corrected chi connectivity index (χ3v) is 3.35. The predicted octanol–water partition coefficient (Wildman–Crippen LogP) is 3.33. The summed E-state index contributed by atoms with van der Waals surface area (Å²) < 4.78 is 5.31. The van der Waals surface area contributed by atoms with Gasteiger partial charge in [0.15, 0.2) is 5.11 Å². The first-order valence-electron chi connectivity index (χ1n) is 6.97. The zero-order chi connectivity index (χ0) is 17.7. The number of rotatable bonds is 4. The lowest BCUT2D eigenvalue weighted by atomic mass is 10.1. The molecule has 1 aromatic heterocycles. The van der Waals surface area contributed by atoms with Crippen molar-refractivity contribution in [3.05, 3.63) is 63.6 Å². The third kappa shape index (κ3) is 4.50. The van der Waals surface area contributed by atoms with Gasteiger partial charge in [0, 0.05) is 12.1 Å². The average Bonchev–Trinajstić information content (AvgIpc) is 2.92. The van der Waals surface area contributed by atoms with E-state index >= 15 is 0 Å². The molecule has 24 heavy (non-hydrogen) atoms. The maximum atomic E-state index is 11.8. The van der Waals surface area contributed by atoms with Crippen LogP contribution in [0.2, 0.25) is 0 Å². The molecule has 2 rings (SSSR count). The summed E-state index contributed by atoms with van der Waals surface area (Å²) in [6.45, 7) is 3.40. The molecule has 2 aromatic rings. The SMILES string of the molecule is Cc1ccc(/C=C/C(=O)NC(=S)Nc2cccc([N+](=O)[O-])c2C)o1. The Balaban J connectivity index is 1.98. The van der Waals surface area contributed by atoms with Crippen LogP contribution in [0.5, 0.6) is 0 Å². The van der Waals surface area contributed by atoms with E-state index in [0.717, 1.165) is 5.76 Å². The van der Waals surface area contributed by atoms with Crippen LogP contribution in [-0.2, 0) is 4.79 Å². The first kappa shape index (κ1) is 17.4. The molecule has 1 aromatic carbocycles. The molecule has 1 amide bonds. The molecule has 7 nitrogen and oxygen atoms in total. The van der Waals surface area contributed by atoms with Gasteiger partial charge in [0.2, 0.25) is 5.91 Å². The number of hydrogen-bond donors (Lipinski definition) is 2. The second-order valence-electron chi connectivity index (χ2n) is 4.93. The second kappa shape index (κ2) is 7.51. The number of carbonyl (C=O) groups excluding carboxylic acids is 1. The van der Waals surface area contributed by atoms with E-state index in [0.29, 0.717) is 17.0 Å². The smallest absolute Gasteiger partial charge is 0.274 e. The number of nitrogens with zero attached hydrogens (tertiary/aromatic N) is 1. The molecule has 0 spiro atoms. The molecular weight excluding hydrogens is 330 g/mol. The highest BCUT2D eigenvalue weighted by Crippen LogP contribution is 2.24. The normalized spacial score (nSPS) is 10.6. The van der Waals surface area contributed by atoms with E-state index in [9.17, 15) is 14.9 Å².